The molecule has 0 aliphatic heterocycles. The first-order valence-electron chi connectivity index (χ1n) is 8.07. The number of fused-ring (bicyclic) bond motifs is 1. The number of aliphatic carboxylic acids is 1. The summed E-state index contributed by atoms with van der Waals surface area (Å²) in [6.45, 7) is 1.78. The molecule has 1 aromatic heterocycles. The monoisotopic (exact) mass is 372 g/mol. The van der Waals surface area contributed by atoms with Crippen molar-refractivity contribution in [1.29, 1.82) is 0 Å². The third kappa shape index (κ3) is 3.49. The highest BCUT2D eigenvalue weighted by Gasteiger charge is 2.21. The third-order valence-electron chi connectivity index (χ3n) is 4.70. The lowest BCUT2D eigenvalue weighted by Crippen LogP contribution is -2.35. The van der Waals surface area contributed by atoms with Crippen molar-refractivity contribution in [2.45, 2.75) is 18.9 Å². The second-order valence-corrected chi connectivity index (χ2v) is 6.26. The maximum atomic E-state index is 12.7. The van der Waals surface area contributed by atoms with Crippen LogP contribution in [-0.2, 0) is 11.8 Å². The molecule has 0 aliphatic carbocycles. The van der Waals surface area contributed by atoms with Crippen LogP contribution in [0, 0.1) is 0 Å². The van der Waals surface area contributed by atoms with E-state index < -0.39 is 12.0 Å². The molecule has 0 saturated heterocycles. The molecule has 136 valence electrons. The van der Waals surface area contributed by atoms with E-state index in [4.69, 9.17) is 10.8 Å². The predicted molar refractivity (Wildman–Crippen MR) is 106 cm³/mol. The summed E-state index contributed by atoms with van der Waals surface area (Å²) in [5, 5.41) is 10.0. The Kier molecular flexibility index (Phi) is 5.85. The predicted octanol–water partition coefficient (Wildman–Crippen LogP) is 3.14. The second kappa shape index (κ2) is 7.72. The van der Waals surface area contributed by atoms with E-state index in [1.54, 1.807) is 18.5 Å². The Morgan fingerprint density at radius 3 is 2.35 bits per heavy atom. The van der Waals surface area contributed by atoms with Crippen LogP contribution in [0.2, 0.25) is 0 Å². The smallest absolute Gasteiger partial charge is 0.321 e. The molecule has 3 N–H and O–H groups in total. The highest BCUT2D eigenvalue weighted by molar-refractivity contribution is 5.85. The van der Waals surface area contributed by atoms with E-state index in [-0.39, 0.29) is 23.9 Å². The lowest BCUT2D eigenvalue weighted by molar-refractivity contribution is -0.139. The largest absolute Gasteiger partial charge is 0.480 e. The molecule has 26 heavy (non-hydrogen) atoms. The fraction of sp³-hybridized carbons (Fsp3) is 0.200. The lowest BCUT2D eigenvalue weighted by Gasteiger charge is -2.16. The average Bonchev–Trinajstić information content (AvgIpc) is 2.63. The van der Waals surface area contributed by atoms with Crippen molar-refractivity contribution in [2.75, 3.05) is 0 Å². The normalized spacial score (nSPS) is 13.0. The summed E-state index contributed by atoms with van der Waals surface area (Å²) < 4.78 is 1.64. The Balaban J connectivity index is 0.00000243. The van der Waals surface area contributed by atoms with Gasteiger partial charge in [0.05, 0.1) is 5.52 Å². The van der Waals surface area contributed by atoms with Gasteiger partial charge in [-0.2, -0.15) is 0 Å². The van der Waals surface area contributed by atoms with E-state index in [2.05, 4.69) is 0 Å². The van der Waals surface area contributed by atoms with Crippen molar-refractivity contribution in [1.82, 2.24) is 4.57 Å². The molecule has 0 saturated carbocycles. The summed E-state index contributed by atoms with van der Waals surface area (Å²) >= 11 is 0. The molecule has 3 rings (SSSR count). The fourth-order valence-corrected chi connectivity index (χ4v) is 3.02. The van der Waals surface area contributed by atoms with Crippen LogP contribution in [-0.4, -0.2) is 21.7 Å². The number of pyridine rings is 1. The van der Waals surface area contributed by atoms with Gasteiger partial charge in [-0.05, 0) is 28.6 Å². The van der Waals surface area contributed by atoms with Crippen molar-refractivity contribution in [3.8, 4) is 11.1 Å². The van der Waals surface area contributed by atoms with Gasteiger partial charge in [0.15, 0.2) is 0 Å². The number of hydrogen-bond donors (Lipinski definition) is 2. The first-order valence-corrected chi connectivity index (χ1v) is 8.07. The molecule has 0 aliphatic rings. The number of para-hydroxylation sites is 1. The van der Waals surface area contributed by atoms with Gasteiger partial charge in [0.1, 0.15) is 6.04 Å². The Morgan fingerprint density at radius 2 is 1.73 bits per heavy atom. The van der Waals surface area contributed by atoms with Crippen LogP contribution >= 0.6 is 12.4 Å². The summed E-state index contributed by atoms with van der Waals surface area (Å²) in [5.74, 6) is -1.34. The summed E-state index contributed by atoms with van der Waals surface area (Å²) in [4.78, 5) is 23.7. The minimum Gasteiger partial charge on any atom is -0.480 e. The van der Waals surface area contributed by atoms with E-state index in [0.717, 1.165) is 22.0 Å². The molecule has 0 amide bonds. The first-order chi connectivity index (χ1) is 11.9. The molecule has 2 atom stereocenters. The van der Waals surface area contributed by atoms with Gasteiger partial charge in [0.25, 0.3) is 5.56 Å². The number of aromatic nitrogens is 1. The number of rotatable bonds is 4. The molecule has 0 fully saturated rings. The number of halogens is 1. The van der Waals surface area contributed by atoms with Crippen LogP contribution < -0.4 is 11.3 Å². The molecule has 0 bridgehead atoms. The first kappa shape index (κ1) is 19.7. The highest BCUT2D eigenvalue weighted by Crippen LogP contribution is 2.24. The van der Waals surface area contributed by atoms with Crippen LogP contribution in [0.15, 0.2) is 59.4 Å². The number of nitrogens with two attached hydrogens (primary N) is 1. The molecule has 2 aromatic carbocycles. The van der Waals surface area contributed by atoms with E-state index in [1.165, 1.54) is 0 Å². The molecule has 3 aromatic rings. The van der Waals surface area contributed by atoms with Crippen molar-refractivity contribution >= 4 is 29.3 Å². The molecule has 0 spiro atoms. The second-order valence-electron chi connectivity index (χ2n) is 6.26. The van der Waals surface area contributed by atoms with Crippen LogP contribution in [0.3, 0.4) is 0 Å². The van der Waals surface area contributed by atoms with Gasteiger partial charge in [-0.3, -0.25) is 9.59 Å². The van der Waals surface area contributed by atoms with Crippen LogP contribution in [0.4, 0.5) is 0 Å². The number of carbonyl (C=O) groups is 1. The molecular formula is C20H21ClN2O3. The zero-order chi connectivity index (χ0) is 18.1. The van der Waals surface area contributed by atoms with Crippen LogP contribution in [0.25, 0.3) is 22.0 Å². The molecule has 1 unspecified atom stereocenters. The SMILES string of the molecule is CC(c1ccc(-c2cc3ccccc3n(C)c2=O)cc1)[C@H](N)C(=O)O.Cl. The number of hydrogen-bond acceptors (Lipinski definition) is 3. The van der Waals surface area contributed by atoms with Gasteiger partial charge in [0, 0.05) is 18.5 Å². The number of nitrogens with zero attached hydrogens (tertiary/aromatic N) is 1. The maximum Gasteiger partial charge on any atom is 0.321 e. The molecule has 1 heterocycles. The van der Waals surface area contributed by atoms with Crippen LogP contribution in [0.5, 0.6) is 0 Å². The summed E-state index contributed by atoms with van der Waals surface area (Å²) in [6, 6.07) is 16.0. The van der Waals surface area contributed by atoms with Crippen molar-refractivity contribution in [3.05, 3.63) is 70.5 Å². The number of aryl methyl sites for hydroxylation is 1. The summed E-state index contributed by atoms with van der Waals surface area (Å²) in [6.07, 6.45) is 0. The minimum absolute atomic E-state index is 0. The highest BCUT2D eigenvalue weighted by atomic mass is 35.5. The molecule has 0 radical (unpaired) electrons. The maximum absolute atomic E-state index is 12.7. The van der Waals surface area contributed by atoms with Gasteiger partial charge in [-0.25, -0.2) is 0 Å². The summed E-state index contributed by atoms with van der Waals surface area (Å²) in [5.41, 5.74) is 8.75. The average molecular weight is 373 g/mol. The Labute approximate surface area is 157 Å². The van der Waals surface area contributed by atoms with Gasteiger partial charge < -0.3 is 15.4 Å². The Morgan fingerprint density at radius 1 is 1.12 bits per heavy atom. The quantitative estimate of drug-likeness (QED) is 0.736. The van der Waals surface area contributed by atoms with E-state index in [0.29, 0.717) is 5.56 Å². The molecule has 6 heteroatoms. The standard InChI is InChI=1S/C20H20N2O3.ClH/c1-12(18(21)20(24)25)13-7-9-14(10-8-13)16-11-15-5-3-4-6-17(15)22(2)19(16)23;/h3-12,18H,21H2,1-2H3,(H,24,25);1H/t12?,18-;/m0./s1. The third-order valence-corrected chi connectivity index (χ3v) is 4.70. The Bertz CT molecular complexity index is 996. The van der Waals surface area contributed by atoms with Gasteiger partial charge in [0.2, 0.25) is 0 Å². The van der Waals surface area contributed by atoms with Crippen molar-refractivity contribution in [3.63, 3.8) is 0 Å². The summed E-state index contributed by atoms with van der Waals surface area (Å²) in [7, 11) is 1.76. The molecule has 5 nitrogen and oxygen atoms in total. The van der Waals surface area contributed by atoms with Gasteiger partial charge in [-0.1, -0.05) is 49.4 Å². The fourth-order valence-electron chi connectivity index (χ4n) is 3.02. The van der Waals surface area contributed by atoms with Crippen LogP contribution in [0.1, 0.15) is 18.4 Å². The van der Waals surface area contributed by atoms with Gasteiger partial charge >= 0.3 is 5.97 Å². The minimum atomic E-state index is -1.03. The van der Waals surface area contributed by atoms with Crippen molar-refractivity contribution < 1.29 is 9.90 Å². The number of carboxylic acids is 1. The number of carboxylic acid groups (broad SMARTS) is 1. The topological polar surface area (TPSA) is 85.3 Å². The number of benzene rings is 2. The zero-order valence-corrected chi connectivity index (χ0v) is 15.4. The van der Waals surface area contributed by atoms with Crippen molar-refractivity contribution in [2.24, 2.45) is 12.8 Å². The zero-order valence-electron chi connectivity index (χ0n) is 14.5. The van der Waals surface area contributed by atoms with E-state index >= 15 is 0 Å². The lowest BCUT2D eigenvalue weighted by atomic mass is 9.92. The van der Waals surface area contributed by atoms with E-state index in [1.807, 2.05) is 54.6 Å². The van der Waals surface area contributed by atoms with E-state index in [9.17, 15) is 9.59 Å². The van der Waals surface area contributed by atoms with Gasteiger partial charge in [-0.15, -0.1) is 12.4 Å². The Hall–Kier alpha value is -2.63. The molecular weight excluding hydrogens is 352 g/mol.